The van der Waals surface area contributed by atoms with E-state index in [9.17, 15) is 10.1 Å². The lowest BCUT2D eigenvalue weighted by molar-refractivity contribution is 0.980. The highest BCUT2D eigenvalue weighted by Gasteiger charge is 2.20. The normalized spacial score (nSPS) is 11.1. The summed E-state index contributed by atoms with van der Waals surface area (Å²) in [5.74, 6) is 0. The molecular weight excluding hydrogens is 336 g/mol. The van der Waals surface area contributed by atoms with Gasteiger partial charge in [0.05, 0.1) is 11.4 Å². The number of H-pyrrole nitrogens is 2. The fraction of sp³-hybridized carbons (Fsp3) is 0. The van der Waals surface area contributed by atoms with Crippen molar-refractivity contribution in [1.29, 1.82) is 5.26 Å². The van der Waals surface area contributed by atoms with Crippen LogP contribution in [0.15, 0.2) is 77.7 Å². The largest absolute Gasteiger partial charge is 0.360 e. The average molecular weight is 350 g/mol. The van der Waals surface area contributed by atoms with Crippen molar-refractivity contribution in [3.8, 4) is 23.0 Å². The van der Waals surface area contributed by atoms with Crippen molar-refractivity contribution in [3.63, 3.8) is 0 Å². The Labute approximate surface area is 154 Å². The molecule has 0 radical (unpaired) electrons. The van der Waals surface area contributed by atoms with E-state index in [1.54, 1.807) is 0 Å². The summed E-state index contributed by atoms with van der Waals surface area (Å²) < 4.78 is 1.46. The molecule has 27 heavy (non-hydrogen) atoms. The van der Waals surface area contributed by atoms with E-state index in [1.807, 2.05) is 72.9 Å². The van der Waals surface area contributed by atoms with Gasteiger partial charge in [0.15, 0.2) is 5.69 Å². The van der Waals surface area contributed by atoms with Gasteiger partial charge >= 0.3 is 5.69 Å². The van der Waals surface area contributed by atoms with E-state index in [-0.39, 0.29) is 5.69 Å². The maximum atomic E-state index is 12.8. The van der Waals surface area contributed by atoms with Crippen LogP contribution in [0.25, 0.3) is 38.6 Å². The molecule has 0 spiro atoms. The monoisotopic (exact) mass is 350 g/mol. The third kappa shape index (κ3) is 2.21. The number of benzene rings is 3. The Kier molecular flexibility index (Phi) is 3.24. The highest BCUT2D eigenvalue weighted by atomic mass is 16.1. The number of para-hydroxylation sites is 1. The zero-order valence-corrected chi connectivity index (χ0v) is 14.2. The Hall–Kier alpha value is -4.04. The molecule has 128 valence electrons. The van der Waals surface area contributed by atoms with Gasteiger partial charge in [-0.1, -0.05) is 54.6 Å². The third-order valence-corrected chi connectivity index (χ3v) is 4.87. The molecule has 2 aromatic heterocycles. The van der Waals surface area contributed by atoms with Crippen molar-refractivity contribution in [2.45, 2.75) is 0 Å². The van der Waals surface area contributed by atoms with Gasteiger partial charge in [-0.2, -0.15) is 5.26 Å². The number of nitrogens with zero attached hydrogens (tertiary/aromatic N) is 2. The molecule has 0 aliphatic carbocycles. The Bertz CT molecular complexity index is 1410. The predicted octanol–water partition coefficient (Wildman–Crippen LogP) is 4.34. The number of aromatic nitrogens is 3. The average Bonchev–Trinajstić information content (AvgIpc) is 3.28. The molecule has 0 fully saturated rings. The number of rotatable bonds is 2. The Balaban J connectivity index is 1.84. The van der Waals surface area contributed by atoms with Crippen molar-refractivity contribution in [3.05, 3.63) is 89.1 Å². The second-order valence-corrected chi connectivity index (χ2v) is 6.35. The molecule has 5 nitrogen and oxygen atoms in total. The maximum Gasteiger partial charge on any atom is 0.331 e. The van der Waals surface area contributed by atoms with Gasteiger partial charge in [0.25, 0.3) is 0 Å². The molecule has 0 aliphatic rings. The minimum atomic E-state index is -0.330. The fourth-order valence-corrected chi connectivity index (χ4v) is 3.65. The quantitative estimate of drug-likeness (QED) is 0.497. The number of imidazole rings is 1. The van der Waals surface area contributed by atoms with Crippen LogP contribution in [0.5, 0.6) is 0 Å². The van der Waals surface area contributed by atoms with E-state index >= 15 is 0 Å². The summed E-state index contributed by atoms with van der Waals surface area (Å²) in [6.07, 6.45) is 1.82. The summed E-state index contributed by atoms with van der Waals surface area (Å²) in [5.41, 5.74) is 2.93. The van der Waals surface area contributed by atoms with Crippen LogP contribution >= 0.6 is 0 Å². The summed E-state index contributed by atoms with van der Waals surface area (Å²) in [6.45, 7) is 0. The van der Waals surface area contributed by atoms with Gasteiger partial charge in [-0.25, -0.2) is 4.79 Å². The molecule has 0 amide bonds. The van der Waals surface area contributed by atoms with Crippen molar-refractivity contribution in [2.75, 3.05) is 0 Å². The van der Waals surface area contributed by atoms with Crippen LogP contribution in [0.4, 0.5) is 0 Å². The summed E-state index contributed by atoms with van der Waals surface area (Å²) in [6, 6.07) is 23.6. The van der Waals surface area contributed by atoms with Crippen molar-refractivity contribution in [1.82, 2.24) is 14.5 Å². The first-order chi connectivity index (χ1) is 13.3. The SMILES string of the molecule is N#Cc1c(-c2c[nH]c3ccccc23)[nH]c(=O)n1-c1cccc2ccccc12. The van der Waals surface area contributed by atoms with Crippen molar-refractivity contribution >= 4 is 21.7 Å². The van der Waals surface area contributed by atoms with E-state index in [2.05, 4.69) is 16.0 Å². The number of nitriles is 1. The maximum absolute atomic E-state index is 12.8. The minimum absolute atomic E-state index is 0.293. The summed E-state index contributed by atoms with van der Waals surface area (Å²) in [5, 5.41) is 12.8. The lowest BCUT2D eigenvalue weighted by Crippen LogP contribution is -2.16. The highest BCUT2D eigenvalue weighted by molar-refractivity contribution is 5.96. The Morgan fingerprint density at radius 1 is 0.889 bits per heavy atom. The molecule has 2 N–H and O–H groups in total. The first-order valence-corrected chi connectivity index (χ1v) is 8.57. The van der Waals surface area contributed by atoms with Crippen LogP contribution in [-0.4, -0.2) is 14.5 Å². The van der Waals surface area contributed by atoms with E-state index in [4.69, 9.17) is 0 Å². The van der Waals surface area contributed by atoms with Crippen LogP contribution in [0.2, 0.25) is 0 Å². The minimum Gasteiger partial charge on any atom is -0.360 e. The first-order valence-electron chi connectivity index (χ1n) is 8.57. The van der Waals surface area contributed by atoms with Gasteiger partial charge in [-0.3, -0.25) is 4.57 Å². The van der Waals surface area contributed by atoms with Gasteiger partial charge in [-0.05, 0) is 17.5 Å². The predicted molar refractivity (Wildman–Crippen MR) is 106 cm³/mol. The van der Waals surface area contributed by atoms with Crippen LogP contribution in [0.1, 0.15) is 5.69 Å². The third-order valence-electron chi connectivity index (χ3n) is 4.87. The topological polar surface area (TPSA) is 77.4 Å². The molecule has 0 aliphatic heterocycles. The van der Waals surface area contributed by atoms with Gasteiger partial charge in [0.2, 0.25) is 0 Å². The molecular formula is C22H14N4O. The number of fused-ring (bicyclic) bond motifs is 2. The summed E-state index contributed by atoms with van der Waals surface area (Å²) in [7, 11) is 0. The molecule has 5 aromatic rings. The molecule has 0 saturated carbocycles. The van der Waals surface area contributed by atoms with E-state index in [0.29, 0.717) is 17.1 Å². The molecule has 0 saturated heterocycles. The highest BCUT2D eigenvalue weighted by Crippen LogP contribution is 2.31. The summed E-state index contributed by atoms with van der Waals surface area (Å²) >= 11 is 0. The molecule has 5 rings (SSSR count). The number of hydrogen-bond donors (Lipinski definition) is 2. The van der Waals surface area contributed by atoms with Gasteiger partial charge in [0.1, 0.15) is 6.07 Å². The van der Waals surface area contributed by atoms with Crippen molar-refractivity contribution < 1.29 is 0 Å². The van der Waals surface area contributed by atoms with Crippen molar-refractivity contribution in [2.24, 2.45) is 0 Å². The molecule has 2 heterocycles. The number of hydrogen-bond acceptors (Lipinski definition) is 2. The van der Waals surface area contributed by atoms with E-state index in [0.717, 1.165) is 27.2 Å². The zero-order chi connectivity index (χ0) is 18.4. The van der Waals surface area contributed by atoms with Crippen LogP contribution < -0.4 is 5.69 Å². The van der Waals surface area contributed by atoms with Gasteiger partial charge < -0.3 is 9.97 Å². The fourth-order valence-electron chi connectivity index (χ4n) is 3.65. The van der Waals surface area contributed by atoms with Crippen LogP contribution in [0, 0.1) is 11.3 Å². The van der Waals surface area contributed by atoms with E-state index < -0.39 is 0 Å². The second-order valence-electron chi connectivity index (χ2n) is 6.35. The summed E-state index contributed by atoms with van der Waals surface area (Å²) in [4.78, 5) is 18.9. The van der Waals surface area contributed by atoms with Gasteiger partial charge in [-0.15, -0.1) is 0 Å². The molecule has 3 aromatic carbocycles. The lowest BCUT2D eigenvalue weighted by atomic mass is 10.1. The molecule has 0 atom stereocenters. The zero-order valence-electron chi connectivity index (χ0n) is 14.2. The molecule has 0 bridgehead atoms. The number of nitrogens with one attached hydrogen (secondary N) is 2. The van der Waals surface area contributed by atoms with Gasteiger partial charge in [0, 0.05) is 28.0 Å². The smallest absolute Gasteiger partial charge is 0.331 e. The molecule has 0 unspecified atom stereocenters. The van der Waals surface area contributed by atoms with Crippen LogP contribution in [-0.2, 0) is 0 Å². The Morgan fingerprint density at radius 3 is 2.48 bits per heavy atom. The molecule has 5 heteroatoms. The first kappa shape index (κ1) is 15.2. The lowest BCUT2D eigenvalue weighted by Gasteiger charge is -2.08. The van der Waals surface area contributed by atoms with E-state index in [1.165, 1.54) is 4.57 Å². The Morgan fingerprint density at radius 2 is 1.63 bits per heavy atom. The standard InChI is InChI=1S/C22H14N4O/c23-12-20-21(17-13-24-18-10-4-3-9-16(17)18)25-22(27)26(20)19-11-5-7-14-6-1-2-8-15(14)19/h1-11,13,24H,(H,25,27). The second kappa shape index (κ2) is 5.75. The number of aromatic amines is 2. The van der Waals surface area contributed by atoms with Crippen LogP contribution in [0.3, 0.4) is 0 Å².